The molecule has 1 heterocycles. The van der Waals surface area contributed by atoms with E-state index in [1.807, 2.05) is 0 Å². The molecule has 0 aliphatic heterocycles. The highest BCUT2D eigenvalue weighted by Gasteiger charge is 2.27. The fourth-order valence-corrected chi connectivity index (χ4v) is 3.01. The van der Waals surface area contributed by atoms with Crippen molar-refractivity contribution in [1.29, 1.82) is 0 Å². The molecule has 1 aromatic rings. The van der Waals surface area contributed by atoms with Gasteiger partial charge in [0.2, 0.25) is 5.82 Å². The normalized spacial score (nSPS) is 11.3. The summed E-state index contributed by atoms with van der Waals surface area (Å²) < 4.78 is 10.9. The van der Waals surface area contributed by atoms with Crippen LogP contribution in [0.5, 0.6) is 0 Å². The van der Waals surface area contributed by atoms with E-state index in [4.69, 9.17) is 4.74 Å². The van der Waals surface area contributed by atoms with E-state index in [-0.39, 0.29) is 24.8 Å². The number of nitrogens with zero attached hydrogens (tertiary/aromatic N) is 3. The van der Waals surface area contributed by atoms with Crippen molar-refractivity contribution in [2.24, 2.45) is 0 Å². The van der Waals surface area contributed by atoms with Gasteiger partial charge in [-0.1, -0.05) is 19.6 Å². The lowest BCUT2D eigenvalue weighted by Gasteiger charge is -2.23. The summed E-state index contributed by atoms with van der Waals surface area (Å²) in [4.78, 5) is 28.2. The number of esters is 1. The molecule has 0 radical (unpaired) electrons. The molecule has 140 valence electrons. The molecule has 0 N–H and O–H groups in total. The van der Waals surface area contributed by atoms with E-state index in [0.29, 0.717) is 16.6 Å². The average molecular weight is 434 g/mol. The van der Waals surface area contributed by atoms with Gasteiger partial charge in [0.15, 0.2) is 0 Å². The number of carbonyl (C=O) groups excluding carboxylic acids is 1. The molecular formula is C15H24BrN3O5Si. The molecule has 0 aliphatic carbocycles. The van der Waals surface area contributed by atoms with Crippen LogP contribution in [0.2, 0.25) is 25.7 Å². The van der Waals surface area contributed by atoms with Crippen molar-refractivity contribution in [1.82, 2.24) is 4.98 Å². The molecule has 0 amide bonds. The zero-order valence-electron chi connectivity index (χ0n) is 15.2. The van der Waals surface area contributed by atoms with Gasteiger partial charge >= 0.3 is 11.7 Å². The van der Waals surface area contributed by atoms with E-state index in [0.717, 1.165) is 6.04 Å². The van der Waals surface area contributed by atoms with Crippen LogP contribution < -0.4 is 4.90 Å². The molecular weight excluding hydrogens is 410 g/mol. The maximum Gasteiger partial charge on any atom is 0.325 e. The number of pyridine rings is 1. The minimum absolute atomic E-state index is 0.0223. The Balaban J connectivity index is 3.06. The van der Waals surface area contributed by atoms with E-state index >= 15 is 0 Å². The monoisotopic (exact) mass is 433 g/mol. The first-order valence-corrected chi connectivity index (χ1v) is 12.3. The molecule has 0 spiro atoms. The van der Waals surface area contributed by atoms with Gasteiger partial charge in [-0.3, -0.25) is 14.9 Å². The molecule has 0 bridgehead atoms. The molecule has 25 heavy (non-hydrogen) atoms. The second kappa shape index (κ2) is 9.25. The first kappa shape index (κ1) is 21.5. The number of ether oxygens (including phenoxy) is 2. The Kier molecular flexibility index (Phi) is 7.96. The van der Waals surface area contributed by atoms with Crippen molar-refractivity contribution in [2.75, 3.05) is 31.9 Å². The highest BCUT2D eigenvalue weighted by molar-refractivity contribution is 9.10. The van der Waals surface area contributed by atoms with Crippen LogP contribution >= 0.6 is 15.9 Å². The molecule has 1 aromatic heterocycles. The number of aromatic nitrogens is 1. The summed E-state index contributed by atoms with van der Waals surface area (Å²) in [6, 6.07) is 0.952. The summed E-state index contributed by atoms with van der Waals surface area (Å²) in [7, 11) is 0.00733. The third-order valence-corrected chi connectivity index (χ3v) is 6.00. The Morgan fingerprint density at radius 1 is 1.44 bits per heavy atom. The average Bonchev–Trinajstić information content (AvgIpc) is 2.51. The largest absolute Gasteiger partial charge is 0.468 e. The summed E-state index contributed by atoms with van der Waals surface area (Å²) in [5.41, 5.74) is 0.277. The quantitative estimate of drug-likeness (QED) is 0.147. The fraction of sp³-hybridized carbons (Fsp3) is 0.600. The third kappa shape index (κ3) is 6.71. The summed E-state index contributed by atoms with van der Waals surface area (Å²) in [6.07, 6.45) is 1.48. The predicted octanol–water partition coefficient (Wildman–Crippen LogP) is 3.35. The zero-order valence-corrected chi connectivity index (χ0v) is 17.8. The van der Waals surface area contributed by atoms with Gasteiger partial charge in [0.05, 0.1) is 12.0 Å². The fourth-order valence-electron chi connectivity index (χ4n) is 1.96. The predicted molar refractivity (Wildman–Crippen MR) is 102 cm³/mol. The number of halogens is 1. The maximum absolute atomic E-state index is 11.7. The molecule has 0 saturated carbocycles. The van der Waals surface area contributed by atoms with Gasteiger partial charge in [0, 0.05) is 30.9 Å². The lowest BCUT2D eigenvalue weighted by Crippen LogP contribution is -2.34. The molecule has 0 atom stereocenters. The topological polar surface area (TPSA) is 94.8 Å². The van der Waals surface area contributed by atoms with E-state index < -0.39 is 19.0 Å². The van der Waals surface area contributed by atoms with E-state index in [1.54, 1.807) is 6.92 Å². The van der Waals surface area contributed by atoms with Crippen molar-refractivity contribution in [3.63, 3.8) is 0 Å². The molecule has 0 saturated heterocycles. The number of anilines is 1. The molecule has 10 heteroatoms. The molecule has 1 rings (SSSR count). The van der Waals surface area contributed by atoms with Gasteiger partial charge in [0.25, 0.3) is 0 Å². The Hall–Kier alpha value is -1.52. The summed E-state index contributed by atoms with van der Waals surface area (Å²) >= 11 is 3.24. The van der Waals surface area contributed by atoms with Gasteiger partial charge in [0.1, 0.15) is 13.3 Å². The molecule has 8 nitrogen and oxygen atoms in total. The molecule has 0 unspecified atom stereocenters. The van der Waals surface area contributed by atoms with E-state index in [9.17, 15) is 14.9 Å². The lowest BCUT2D eigenvalue weighted by atomic mass is 10.2. The second-order valence-corrected chi connectivity index (χ2v) is 13.3. The number of hydrogen-bond acceptors (Lipinski definition) is 7. The van der Waals surface area contributed by atoms with Crippen LogP contribution in [0, 0.1) is 17.0 Å². The van der Waals surface area contributed by atoms with Gasteiger partial charge in [-0.05, 0) is 28.9 Å². The van der Waals surface area contributed by atoms with Crippen molar-refractivity contribution >= 4 is 41.5 Å². The molecule has 0 aliphatic rings. The number of methoxy groups -OCH3 is 1. The number of nitro groups is 1. The highest BCUT2D eigenvalue weighted by Crippen LogP contribution is 2.33. The van der Waals surface area contributed by atoms with Crippen LogP contribution in [0.4, 0.5) is 11.5 Å². The minimum atomic E-state index is -1.26. The second-order valence-electron chi connectivity index (χ2n) is 6.78. The van der Waals surface area contributed by atoms with Gasteiger partial charge in [-0.25, -0.2) is 4.98 Å². The number of carbonyl (C=O) groups is 1. The van der Waals surface area contributed by atoms with Gasteiger partial charge in [-0.15, -0.1) is 0 Å². The van der Waals surface area contributed by atoms with E-state index in [1.165, 1.54) is 18.2 Å². The van der Waals surface area contributed by atoms with E-state index in [2.05, 4.69) is 45.3 Å². The number of hydrogen-bond donors (Lipinski definition) is 0. The van der Waals surface area contributed by atoms with Crippen molar-refractivity contribution in [3.05, 3.63) is 26.3 Å². The van der Waals surface area contributed by atoms with Crippen molar-refractivity contribution in [3.8, 4) is 0 Å². The summed E-state index contributed by atoms with van der Waals surface area (Å²) in [6.45, 7) is 8.67. The van der Waals surface area contributed by atoms with Crippen LogP contribution in [0.15, 0.2) is 10.7 Å². The highest BCUT2D eigenvalue weighted by atomic mass is 79.9. The molecule has 0 fully saturated rings. The smallest absolute Gasteiger partial charge is 0.325 e. The standard InChI is InChI=1S/C15H24BrN3O5Si/c1-11-12(16)8-17-15(14(11)19(21)22)18(9-13(20)23-2)10-24-6-7-25(3,4)5/h8H,6-7,9-10H2,1-5H3. The summed E-state index contributed by atoms with van der Waals surface area (Å²) in [5, 5.41) is 11.5. The Morgan fingerprint density at radius 3 is 2.60 bits per heavy atom. The van der Waals surface area contributed by atoms with Crippen LogP contribution in [0.1, 0.15) is 5.56 Å². The van der Waals surface area contributed by atoms with Crippen LogP contribution in [0.3, 0.4) is 0 Å². The Morgan fingerprint density at radius 2 is 2.08 bits per heavy atom. The number of rotatable bonds is 9. The maximum atomic E-state index is 11.7. The van der Waals surface area contributed by atoms with Crippen LogP contribution in [-0.2, 0) is 14.3 Å². The molecule has 0 aromatic carbocycles. The zero-order chi connectivity index (χ0) is 19.2. The van der Waals surface area contributed by atoms with Crippen molar-refractivity contribution in [2.45, 2.75) is 32.6 Å². The van der Waals surface area contributed by atoms with Gasteiger partial charge < -0.3 is 14.4 Å². The third-order valence-electron chi connectivity index (χ3n) is 3.50. The first-order valence-electron chi connectivity index (χ1n) is 7.76. The van der Waals surface area contributed by atoms with Crippen LogP contribution in [0.25, 0.3) is 0 Å². The Labute approximate surface area is 156 Å². The van der Waals surface area contributed by atoms with Gasteiger partial charge in [-0.2, -0.15) is 0 Å². The van der Waals surface area contributed by atoms with Crippen LogP contribution in [-0.4, -0.2) is 50.9 Å². The Bertz CT molecular complexity index is 636. The minimum Gasteiger partial charge on any atom is -0.468 e. The summed E-state index contributed by atoms with van der Waals surface area (Å²) in [5.74, 6) is -0.436. The lowest BCUT2D eigenvalue weighted by molar-refractivity contribution is -0.385. The first-order chi connectivity index (χ1) is 11.6. The van der Waals surface area contributed by atoms with Crippen molar-refractivity contribution < 1.29 is 19.2 Å². The SMILES string of the molecule is COC(=O)CN(COCC[Si](C)(C)C)c1ncc(Br)c(C)c1[N+](=O)[O-].